The van der Waals surface area contributed by atoms with Crippen molar-refractivity contribution in [1.82, 2.24) is 25.1 Å². The van der Waals surface area contributed by atoms with E-state index in [2.05, 4.69) is 20.4 Å². The van der Waals surface area contributed by atoms with Crippen molar-refractivity contribution >= 4 is 23.0 Å². The van der Waals surface area contributed by atoms with Crippen LogP contribution in [-0.4, -0.2) is 32.8 Å². The number of H-pyrrole nitrogens is 1. The summed E-state index contributed by atoms with van der Waals surface area (Å²) >= 11 is 0. The number of amides is 1. The van der Waals surface area contributed by atoms with Crippen molar-refractivity contribution in [3.63, 3.8) is 0 Å². The Morgan fingerprint density at radius 3 is 2.85 bits per heavy atom. The topological polar surface area (TPSA) is 109 Å². The Hall–Kier alpha value is -4.45. The van der Waals surface area contributed by atoms with E-state index in [4.69, 9.17) is 4.74 Å². The summed E-state index contributed by atoms with van der Waals surface area (Å²) in [6.07, 6.45) is 8.57. The number of aromatic nitrogens is 4. The Morgan fingerprint density at radius 1 is 1.33 bits per heavy atom. The summed E-state index contributed by atoms with van der Waals surface area (Å²) in [7, 11) is 3.21. The zero-order valence-corrected chi connectivity index (χ0v) is 18.3. The van der Waals surface area contributed by atoms with E-state index in [1.54, 1.807) is 36.3 Å². The molecule has 0 saturated heterocycles. The van der Waals surface area contributed by atoms with Crippen molar-refractivity contribution in [1.29, 1.82) is 5.26 Å². The third-order valence-electron chi connectivity index (χ3n) is 5.29. The Kier molecular flexibility index (Phi) is 5.91. The van der Waals surface area contributed by atoms with Gasteiger partial charge in [0, 0.05) is 47.7 Å². The van der Waals surface area contributed by atoms with Crippen molar-refractivity contribution in [2.45, 2.75) is 13.0 Å². The monoisotopic (exact) mass is 444 g/mol. The van der Waals surface area contributed by atoms with Crippen LogP contribution in [0.1, 0.15) is 24.1 Å². The number of carbonyl (C=O) groups excluding carboxylic acids is 1. The number of carbonyl (C=O) groups is 1. The second-order valence-electron chi connectivity index (χ2n) is 7.53. The zero-order chi connectivity index (χ0) is 23.5. The van der Waals surface area contributed by atoms with E-state index < -0.39 is 17.8 Å². The van der Waals surface area contributed by atoms with Crippen LogP contribution in [0.2, 0.25) is 0 Å². The van der Waals surface area contributed by atoms with Gasteiger partial charge in [-0.05, 0) is 36.8 Å². The quantitative estimate of drug-likeness (QED) is 0.346. The maximum atomic E-state index is 13.7. The molecule has 0 spiro atoms. The summed E-state index contributed by atoms with van der Waals surface area (Å²) in [5.41, 5.74) is 3.65. The first-order valence-corrected chi connectivity index (χ1v) is 10.1. The van der Waals surface area contributed by atoms with E-state index in [0.717, 1.165) is 16.5 Å². The molecule has 0 fully saturated rings. The maximum absolute atomic E-state index is 13.7. The second-order valence-corrected chi connectivity index (χ2v) is 7.53. The van der Waals surface area contributed by atoms with Crippen LogP contribution in [0.25, 0.3) is 28.2 Å². The number of aromatic amines is 1. The SMILES string of the molecule is COc1cc([C@@H](C)NC(=O)/C(C#N)=C/c2c[nH]c3ncc(-c4cnn(C)c4)cc23)ccc1F. The van der Waals surface area contributed by atoms with Gasteiger partial charge >= 0.3 is 0 Å². The number of hydrogen-bond donors (Lipinski definition) is 2. The zero-order valence-electron chi connectivity index (χ0n) is 18.3. The third kappa shape index (κ3) is 4.45. The van der Waals surface area contributed by atoms with Crippen LogP contribution in [0, 0.1) is 17.1 Å². The molecular weight excluding hydrogens is 423 g/mol. The van der Waals surface area contributed by atoms with Gasteiger partial charge in [-0.2, -0.15) is 10.4 Å². The molecule has 9 heteroatoms. The summed E-state index contributed by atoms with van der Waals surface area (Å²) in [5, 5.41) is 17.3. The Morgan fingerprint density at radius 2 is 2.15 bits per heavy atom. The molecule has 1 amide bonds. The predicted molar refractivity (Wildman–Crippen MR) is 121 cm³/mol. The Bertz CT molecular complexity index is 1410. The summed E-state index contributed by atoms with van der Waals surface area (Å²) < 4.78 is 20.4. The molecule has 0 aliphatic heterocycles. The lowest BCUT2D eigenvalue weighted by atomic mass is 10.1. The molecule has 33 heavy (non-hydrogen) atoms. The third-order valence-corrected chi connectivity index (χ3v) is 5.29. The molecule has 3 heterocycles. The first-order chi connectivity index (χ1) is 15.9. The van der Waals surface area contributed by atoms with Gasteiger partial charge in [0.25, 0.3) is 5.91 Å². The number of methoxy groups -OCH3 is 1. The molecule has 4 aromatic rings. The average molecular weight is 444 g/mol. The summed E-state index contributed by atoms with van der Waals surface area (Å²) in [4.78, 5) is 20.3. The average Bonchev–Trinajstić information content (AvgIpc) is 3.43. The largest absolute Gasteiger partial charge is 0.494 e. The van der Waals surface area contributed by atoms with Crippen molar-refractivity contribution < 1.29 is 13.9 Å². The molecule has 3 aromatic heterocycles. The van der Waals surface area contributed by atoms with Crippen LogP contribution >= 0.6 is 0 Å². The van der Waals surface area contributed by atoms with Gasteiger partial charge in [-0.25, -0.2) is 9.37 Å². The lowest BCUT2D eigenvalue weighted by Crippen LogP contribution is -2.27. The molecular formula is C24H21FN6O2. The number of aryl methyl sites for hydroxylation is 1. The first-order valence-electron chi connectivity index (χ1n) is 10.1. The second kappa shape index (κ2) is 8.96. The number of nitrogens with zero attached hydrogens (tertiary/aromatic N) is 4. The molecule has 2 N–H and O–H groups in total. The summed E-state index contributed by atoms with van der Waals surface area (Å²) in [6, 6.07) is 7.77. The Balaban J connectivity index is 1.60. The minimum atomic E-state index is -0.543. The van der Waals surface area contributed by atoms with Crippen LogP contribution in [-0.2, 0) is 11.8 Å². The van der Waals surface area contributed by atoms with Gasteiger partial charge in [0.05, 0.1) is 19.3 Å². The number of nitrogens with one attached hydrogen (secondary N) is 2. The number of fused-ring (bicyclic) bond motifs is 1. The molecule has 4 rings (SSSR count). The normalized spacial score (nSPS) is 12.4. The minimum Gasteiger partial charge on any atom is -0.494 e. The van der Waals surface area contributed by atoms with Gasteiger partial charge in [0.2, 0.25) is 0 Å². The number of rotatable bonds is 6. The van der Waals surface area contributed by atoms with E-state index in [0.29, 0.717) is 16.8 Å². The molecule has 0 unspecified atom stereocenters. The number of hydrogen-bond acceptors (Lipinski definition) is 5. The molecule has 1 aromatic carbocycles. The lowest BCUT2D eigenvalue weighted by molar-refractivity contribution is -0.117. The highest BCUT2D eigenvalue weighted by Crippen LogP contribution is 2.26. The smallest absolute Gasteiger partial charge is 0.262 e. The first kappa shape index (κ1) is 21.8. The van der Waals surface area contributed by atoms with Gasteiger partial charge in [-0.15, -0.1) is 0 Å². The highest BCUT2D eigenvalue weighted by atomic mass is 19.1. The molecule has 0 aliphatic carbocycles. The van der Waals surface area contributed by atoms with Crippen LogP contribution < -0.4 is 10.1 Å². The lowest BCUT2D eigenvalue weighted by Gasteiger charge is -2.15. The van der Waals surface area contributed by atoms with E-state index in [1.807, 2.05) is 25.4 Å². The molecule has 8 nitrogen and oxygen atoms in total. The van der Waals surface area contributed by atoms with Crippen molar-refractivity contribution in [2.75, 3.05) is 7.11 Å². The number of pyridine rings is 1. The molecule has 1 atom stereocenters. The molecule has 0 radical (unpaired) electrons. The van der Waals surface area contributed by atoms with Gasteiger partial charge in [0.1, 0.15) is 17.3 Å². The van der Waals surface area contributed by atoms with E-state index >= 15 is 0 Å². The fourth-order valence-corrected chi connectivity index (χ4v) is 3.48. The molecule has 166 valence electrons. The maximum Gasteiger partial charge on any atom is 0.262 e. The van der Waals surface area contributed by atoms with Crippen molar-refractivity contribution in [3.05, 3.63) is 71.6 Å². The van der Waals surface area contributed by atoms with Crippen LogP contribution in [0.4, 0.5) is 4.39 Å². The summed E-state index contributed by atoms with van der Waals surface area (Å²) in [5.74, 6) is -0.949. The predicted octanol–water partition coefficient (Wildman–Crippen LogP) is 3.90. The van der Waals surface area contributed by atoms with Gasteiger partial charge < -0.3 is 15.0 Å². The van der Waals surface area contributed by atoms with E-state index in [9.17, 15) is 14.4 Å². The van der Waals surface area contributed by atoms with Gasteiger partial charge in [0.15, 0.2) is 11.6 Å². The minimum absolute atomic E-state index is 0.0661. The van der Waals surface area contributed by atoms with Gasteiger partial charge in [-0.1, -0.05) is 6.07 Å². The number of nitriles is 1. The highest BCUT2D eigenvalue weighted by Gasteiger charge is 2.17. The van der Waals surface area contributed by atoms with Crippen molar-refractivity contribution in [3.8, 4) is 22.9 Å². The van der Waals surface area contributed by atoms with E-state index in [1.165, 1.54) is 25.3 Å². The molecule has 0 aliphatic rings. The van der Waals surface area contributed by atoms with Gasteiger partial charge in [-0.3, -0.25) is 9.48 Å². The standard InChI is InChI=1S/C24H21FN6O2/c1-14(15-4-5-21(25)22(8-15)33-3)30-24(32)16(9-26)6-18-11-28-23-20(18)7-17(10-27-23)19-12-29-31(2)13-19/h4-8,10-14H,1-3H3,(H,27,28)(H,30,32)/b16-6+/t14-/m1/s1. The van der Waals surface area contributed by atoms with E-state index in [-0.39, 0.29) is 11.3 Å². The summed E-state index contributed by atoms with van der Waals surface area (Å²) in [6.45, 7) is 1.75. The number of ether oxygens (including phenoxy) is 1. The molecule has 0 bridgehead atoms. The van der Waals surface area contributed by atoms with Crippen LogP contribution in [0.5, 0.6) is 5.75 Å². The Labute approximate surface area is 189 Å². The number of benzene rings is 1. The van der Waals surface area contributed by atoms with Crippen LogP contribution in [0.3, 0.4) is 0 Å². The fourth-order valence-electron chi connectivity index (χ4n) is 3.48. The fraction of sp³-hybridized carbons (Fsp3) is 0.167. The number of halogens is 1. The highest BCUT2D eigenvalue weighted by molar-refractivity contribution is 6.04. The van der Waals surface area contributed by atoms with Crippen LogP contribution in [0.15, 0.2) is 54.6 Å². The van der Waals surface area contributed by atoms with Crippen molar-refractivity contribution in [2.24, 2.45) is 7.05 Å². The molecule has 0 saturated carbocycles.